The molecule has 1 amide bonds. The standard InChI is InChI=1S/C17H23NO3S/c1-4-21-16-8-6-5-7-15(16)12(2)18-10-14(9-17(18)20)11-22-13(3)19/h5-8,12,14H,4,9-11H2,1-3H3. The van der Waals surface area contributed by atoms with Crippen LogP contribution in [0.1, 0.15) is 38.8 Å². The number of para-hydroxylation sites is 1. The van der Waals surface area contributed by atoms with Crippen LogP contribution in [0.4, 0.5) is 0 Å². The van der Waals surface area contributed by atoms with Crippen molar-refractivity contribution in [3.8, 4) is 5.75 Å². The molecule has 0 radical (unpaired) electrons. The Morgan fingerprint density at radius 3 is 2.86 bits per heavy atom. The summed E-state index contributed by atoms with van der Waals surface area (Å²) >= 11 is 1.31. The maximum Gasteiger partial charge on any atom is 0.223 e. The Hall–Kier alpha value is -1.49. The van der Waals surface area contributed by atoms with Crippen molar-refractivity contribution in [3.05, 3.63) is 29.8 Å². The van der Waals surface area contributed by atoms with Gasteiger partial charge in [-0.25, -0.2) is 0 Å². The number of benzene rings is 1. The lowest BCUT2D eigenvalue weighted by Crippen LogP contribution is -2.29. The average Bonchev–Trinajstić information content (AvgIpc) is 2.86. The fraction of sp³-hybridized carbons (Fsp3) is 0.529. The Balaban J connectivity index is 2.08. The van der Waals surface area contributed by atoms with Crippen molar-refractivity contribution in [2.75, 3.05) is 18.9 Å². The molecule has 0 N–H and O–H groups in total. The van der Waals surface area contributed by atoms with Gasteiger partial charge in [0.05, 0.1) is 12.6 Å². The highest BCUT2D eigenvalue weighted by molar-refractivity contribution is 8.13. The first-order valence-electron chi connectivity index (χ1n) is 7.67. The van der Waals surface area contributed by atoms with Gasteiger partial charge in [-0.2, -0.15) is 0 Å². The van der Waals surface area contributed by atoms with Crippen LogP contribution >= 0.6 is 11.8 Å². The third-order valence-corrected chi connectivity index (χ3v) is 4.94. The Bertz CT molecular complexity index is 546. The SMILES string of the molecule is CCOc1ccccc1C(C)N1CC(CSC(C)=O)CC1=O. The third-order valence-electron chi connectivity index (χ3n) is 3.90. The lowest BCUT2D eigenvalue weighted by Gasteiger charge is -2.26. The molecule has 1 saturated heterocycles. The van der Waals surface area contributed by atoms with Gasteiger partial charge in [0.25, 0.3) is 0 Å². The van der Waals surface area contributed by atoms with Gasteiger partial charge in [0.2, 0.25) is 5.91 Å². The zero-order chi connectivity index (χ0) is 16.1. The minimum Gasteiger partial charge on any atom is -0.494 e. The van der Waals surface area contributed by atoms with E-state index in [1.54, 1.807) is 6.92 Å². The first-order valence-corrected chi connectivity index (χ1v) is 8.66. The molecular formula is C17H23NO3S. The Morgan fingerprint density at radius 2 is 2.18 bits per heavy atom. The van der Waals surface area contributed by atoms with Crippen LogP contribution in [0, 0.1) is 5.92 Å². The minimum absolute atomic E-state index is 0.0115. The van der Waals surface area contributed by atoms with Gasteiger partial charge in [-0.05, 0) is 25.8 Å². The van der Waals surface area contributed by atoms with E-state index in [0.29, 0.717) is 19.6 Å². The van der Waals surface area contributed by atoms with Crippen molar-refractivity contribution in [2.45, 2.75) is 33.2 Å². The van der Waals surface area contributed by atoms with Crippen LogP contribution in [0.3, 0.4) is 0 Å². The van der Waals surface area contributed by atoms with Gasteiger partial charge in [-0.15, -0.1) is 0 Å². The van der Waals surface area contributed by atoms with Gasteiger partial charge >= 0.3 is 0 Å². The van der Waals surface area contributed by atoms with Crippen LogP contribution in [0.5, 0.6) is 5.75 Å². The van der Waals surface area contributed by atoms with Crippen molar-refractivity contribution in [3.63, 3.8) is 0 Å². The molecule has 5 heteroatoms. The number of carbonyl (C=O) groups excluding carboxylic acids is 2. The van der Waals surface area contributed by atoms with Crippen LogP contribution in [0.15, 0.2) is 24.3 Å². The Morgan fingerprint density at radius 1 is 1.45 bits per heavy atom. The maximum absolute atomic E-state index is 12.3. The second-order valence-electron chi connectivity index (χ2n) is 5.57. The number of likely N-dealkylation sites (tertiary alicyclic amines) is 1. The molecule has 22 heavy (non-hydrogen) atoms. The topological polar surface area (TPSA) is 46.6 Å². The number of carbonyl (C=O) groups is 2. The van der Waals surface area contributed by atoms with E-state index < -0.39 is 0 Å². The molecule has 2 unspecified atom stereocenters. The van der Waals surface area contributed by atoms with Crippen molar-refractivity contribution in [2.24, 2.45) is 5.92 Å². The number of rotatable bonds is 6. The van der Waals surface area contributed by atoms with E-state index in [2.05, 4.69) is 0 Å². The van der Waals surface area contributed by atoms with Gasteiger partial charge in [0.1, 0.15) is 5.75 Å². The average molecular weight is 321 g/mol. The third kappa shape index (κ3) is 4.03. The number of ether oxygens (including phenoxy) is 1. The van der Waals surface area contributed by atoms with E-state index in [1.165, 1.54) is 11.8 Å². The zero-order valence-electron chi connectivity index (χ0n) is 13.4. The van der Waals surface area contributed by atoms with Crippen LogP contribution in [-0.2, 0) is 9.59 Å². The normalized spacial score (nSPS) is 19.3. The van der Waals surface area contributed by atoms with Gasteiger partial charge in [0.15, 0.2) is 5.12 Å². The first kappa shape index (κ1) is 16.9. The second-order valence-corrected chi connectivity index (χ2v) is 6.76. The van der Waals surface area contributed by atoms with Gasteiger partial charge in [0, 0.05) is 31.2 Å². The minimum atomic E-state index is -0.0115. The molecule has 1 aliphatic heterocycles. The zero-order valence-corrected chi connectivity index (χ0v) is 14.2. The summed E-state index contributed by atoms with van der Waals surface area (Å²) in [5.41, 5.74) is 1.04. The van der Waals surface area contributed by atoms with E-state index in [1.807, 2.05) is 43.0 Å². The molecule has 120 valence electrons. The molecule has 0 aliphatic carbocycles. The molecule has 1 fully saturated rings. The molecule has 0 bridgehead atoms. The number of nitrogens with zero attached hydrogens (tertiary/aromatic N) is 1. The maximum atomic E-state index is 12.3. The van der Waals surface area contributed by atoms with E-state index in [4.69, 9.17) is 4.74 Å². The highest BCUT2D eigenvalue weighted by Crippen LogP contribution is 2.34. The summed E-state index contributed by atoms with van der Waals surface area (Å²) in [6.07, 6.45) is 0.529. The van der Waals surface area contributed by atoms with Crippen LogP contribution in [-0.4, -0.2) is 34.8 Å². The summed E-state index contributed by atoms with van der Waals surface area (Å²) in [6.45, 7) is 6.88. The lowest BCUT2D eigenvalue weighted by atomic mass is 10.1. The van der Waals surface area contributed by atoms with Gasteiger partial charge in [-0.1, -0.05) is 30.0 Å². The fourth-order valence-corrected chi connectivity index (χ4v) is 3.50. The molecule has 0 saturated carbocycles. The molecule has 0 spiro atoms. The summed E-state index contributed by atoms with van der Waals surface area (Å²) < 4.78 is 5.67. The molecule has 2 rings (SSSR count). The number of thioether (sulfide) groups is 1. The van der Waals surface area contributed by atoms with Gasteiger partial charge in [-0.3, -0.25) is 9.59 Å². The second kappa shape index (κ2) is 7.68. The van der Waals surface area contributed by atoms with Crippen LogP contribution < -0.4 is 4.74 Å². The quantitative estimate of drug-likeness (QED) is 0.807. The summed E-state index contributed by atoms with van der Waals surface area (Å²) in [4.78, 5) is 25.3. The smallest absolute Gasteiger partial charge is 0.223 e. The van der Waals surface area contributed by atoms with Crippen LogP contribution in [0.25, 0.3) is 0 Å². The highest BCUT2D eigenvalue weighted by atomic mass is 32.2. The Labute approximate surface area is 136 Å². The molecular weight excluding hydrogens is 298 g/mol. The summed E-state index contributed by atoms with van der Waals surface area (Å²) in [7, 11) is 0. The lowest BCUT2D eigenvalue weighted by molar-refractivity contribution is -0.129. The monoisotopic (exact) mass is 321 g/mol. The molecule has 1 heterocycles. The summed E-state index contributed by atoms with van der Waals surface area (Å²) in [6, 6.07) is 7.86. The van der Waals surface area contributed by atoms with Crippen molar-refractivity contribution < 1.29 is 14.3 Å². The van der Waals surface area contributed by atoms with Crippen molar-refractivity contribution in [1.82, 2.24) is 4.90 Å². The molecule has 1 aliphatic rings. The molecule has 4 nitrogen and oxygen atoms in total. The predicted octanol–water partition coefficient (Wildman–Crippen LogP) is 3.27. The number of amides is 1. The largest absolute Gasteiger partial charge is 0.494 e. The Kier molecular flexibility index (Phi) is 5.89. The summed E-state index contributed by atoms with van der Waals surface area (Å²) in [5.74, 6) is 1.97. The molecule has 0 aromatic heterocycles. The summed E-state index contributed by atoms with van der Waals surface area (Å²) in [5, 5.41) is 0.112. The fourth-order valence-electron chi connectivity index (χ4n) is 2.81. The van der Waals surface area contributed by atoms with E-state index in [-0.39, 0.29) is 23.0 Å². The van der Waals surface area contributed by atoms with Crippen molar-refractivity contribution in [1.29, 1.82) is 0 Å². The van der Waals surface area contributed by atoms with Crippen LogP contribution in [0.2, 0.25) is 0 Å². The van der Waals surface area contributed by atoms with E-state index >= 15 is 0 Å². The first-order chi connectivity index (χ1) is 10.5. The molecule has 1 aromatic rings. The van der Waals surface area contributed by atoms with Gasteiger partial charge < -0.3 is 9.64 Å². The number of hydrogen-bond acceptors (Lipinski definition) is 4. The predicted molar refractivity (Wildman–Crippen MR) is 89.0 cm³/mol. The molecule has 1 aromatic carbocycles. The number of hydrogen-bond donors (Lipinski definition) is 0. The molecule has 2 atom stereocenters. The van der Waals surface area contributed by atoms with E-state index in [0.717, 1.165) is 17.1 Å². The van der Waals surface area contributed by atoms with E-state index in [9.17, 15) is 9.59 Å². The highest BCUT2D eigenvalue weighted by Gasteiger charge is 2.34. The van der Waals surface area contributed by atoms with Crippen molar-refractivity contribution >= 4 is 22.8 Å².